The second-order valence-electron chi connectivity index (χ2n) is 4.29. The summed E-state index contributed by atoms with van der Waals surface area (Å²) in [4.78, 5) is 4.38. The van der Waals surface area contributed by atoms with Crippen molar-refractivity contribution in [1.29, 1.82) is 0 Å². The van der Waals surface area contributed by atoms with Crippen LogP contribution in [0.25, 0.3) is 0 Å². The first-order chi connectivity index (χ1) is 8.22. The summed E-state index contributed by atoms with van der Waals surface area (Å²) in [6.07, 6.45) is -0.196. The molecule has 1 N–H and O–H groups in total. The van der Waals surface area contributed by atoms with Gasteiger partial charge in [0.05, 0.1) is 25.7 Å². The van der Waals surface area contributed by atoms with E-state index in [1.54, 1.807) is 0 Å². The fraction of sp³-hybridized carbons (Fsp3) is 0.818. The van der Waals surface area contributed by atoms with Crippen molar-refractivity contribution in [2.45, 2.75) is 31.9 Å². The van der Waals surface area contributed by atoms with E-state index in [0.29, 0.717) is 31.5 Å². The van der Waals surface area contributed by atoms with E-state index in [0.717, 1.165) is 0 Å². The molecule has 1 fully saturated rings. The number of rotatable bonds is 4. The first-order valence-corrected chi connectivity index (χ1v) is 5.92. The Balaban J connectivity index is 2.04. The van der Waals surface area contributed by atoms with Gasteiger partial charge in [-0.2, -0.15) is 4.98 Å². The number of likely N-dealkylation sites (N-methyl/N-ethyl adjacent to an activating group) is 1. The Morgan fingerprint density at radius 2 is 2.18 bits per heavy atom. The van der Waals surface area contributed by atoms with Crippen LogP contribution >= 0.6 is 0 Å². The molecule has 2 heterocycles. The van der Waals surface area contributed by atoms with Gasteiger partial charge in [0.15, 0.2) is 0 Å². The van der Waals surface area contributed by atoms with Gasteiger partial charge in [-0.25, -0.2) is 0 Å². The number of ether oxygens (including phenoxy) is 2. The topological polar surface area (TPSA) is 69.4 Å². The Hall–Kier alpha value is -0.980. The van der Waals surface area contributed by atoms with Gasteiger partial charge in [0.25, 0.3) is 0 Å². The van der Waals surface area contributed by atoms with Gasteiger partial charge in [-0.15, -0.1) is 0 Å². The molecule has 17 heavy (non-hydrogen) atoms. The SMILES string of the molecule is CNC(C)C(C)c1nc(C2COCCO2)no1. The van der Waals surface area contributed by atoms with E-state index < -0.39 is 0 Å². The van der Waals surface area contributed by atoms with Gasteiger partial charge in [-0.3, -0.25) is 0 Å². The van der Waals surface area contributed by atoms with Crippen LogP contribution in [0.5, 0.6) is 0 Å². The Morgan fingerprint density at radius 3 is 2.82 bits per heavy atom. The van der Waals surface area contributed by atoms with E-state index in [1.165, 1.54) is 0 Å². The molecule has 0 amide bonds. The fourth-order valence-corrected chi connectivity index (χ4v) is 1.66. The number of hydrogen-bond acceptors (Lipinski definition) is 6. The van der Waals surface area contributed by atoms with Crippen LogP contribution in [0.1, 0.15) is 37.6 Å². The summed E-state index contributed by atoms with van der Waals surface area (Å²) in [6.45, 7) is 5.84. The van der Waals surface area contributed by atoms with E-state index in [9.17, 15) is 0 Å². The lowest BCUT2D eigenvalue weighted by molar-refractivity contribution is -0.0941. The smallest absolute Gasteiger partial charge is 0.231 e. The first kappa shape index (κ1) is 12.5. The van der Waals surface area contributed by atoms with Gasteiger partial charge in [0, 0.05) is 6.04 Å². The number of aromatic nitrogens is 2. The lowest BCUT2D eigenvalue weighted by Crippen LogP contribution is -2.27. The van der Waals surface area contributed by atoms with Gasteiger partial charge in [-0.05, 0) is 14.0 Å². The van der Waals surface area contributed by atoms with Crippen molar-refractivity contribution >= 4 is 0 Å². The molecule has 0 spiro atoms. The quantitative estimate of drug-likeness (QED) is 0.843. The molecule has 1 aliphatic rings. The lowest BCUT2D eigenvalue weighted by atomic mass is 10.0. The maximum absolute atomic E-state index is 5.52. The Bertz CT molecular complexity index is 333. The zero-order chi connectivity index (χ0) is 12.3. The Kier molecular flexibility index (Phi) is 4.09. The third kappa shape index (κ3) is 2.83. The predicted octanol–water partition coefficient (Wildman–Crippen LogP) is 0.869. The first-order valence-electron chi connectivity index (χ1n) is 5.92. The second kappa shape index (κ2) is 5.57. The summed E-state index contributed by atoms with van der Waals surface area (Å²) in [7, 11) is 1.91. The van der Waals surface area contributed by atoms with Crippen LogP contribution < -0.4 is 5.32 Å². The molecular weight excluding hydrogens is 222 g/mol. The molecule has 6 nitrogen and oxygen atoms in total. The highest BCUT2D eigenvalue weighted by Gasteiger charge is 2.25. The summed E-state index contributed by atoms with van der Waals surface area (Å²) >= 11 is 0. The molecule has 1 saturated heterocycles. The van der Waals surface area contributed by atoms with Crippen molar-refractivity contribution in [2.75, 3.05) is 26.9 Å². The average molecular weight is 241 g/mol. The van der Waals surface area contributed by atoms with Crippen molar-refractivity contribution in [3.05, 3.63) is 11.7 Å². The zero-order valence-electron chi connectivity index (χ0n) is 10.5. The summed E-state index contributed by atoms with van der Waals surface area (Å²) in [5.74, 6) is 1.39. The molecule has 0 radical (unpaired) electrons. The van der Waals surface area contributed by atoms with Gasteiger partial charge in [0.2, 0.25) is 11.7 Å². The summed E-state index contributed by atoms with van der Waals surface area (Å²) < 4.78 is 16.1. The van der Waals surface area contributed by atoms with Crippen LogP contribution in [0.2, 0.25) is 0 Å². The highest BCUT2D eigenvalue weighted by atomic mass is 16.6. The van der Waals surface area contributed by atoms with Crippen LogP contribution in [0.15, 0.2) is 4.52 Å². The van der Waals surface area contributed by atoms with Crippen LogP contribution in [0.4, 0.5) is 0 Å². The normalized spacial score (nSPS) is 24.5. The molecule has 3 unspecified atom stereocenters. The maximum Gasteiger partial charge on any atom is 0.231 e. The second-order valence-corrected chi connectivity index (χ2v) is 4.29. The third-order valence-corrected chi connectivity index (χ3v) is 3.16. The Morgan fingerprint density at radius 1 is 1.35 bits per heavy atom. The molecule has 96 valence electrons. The molecule has 2 rings (SSSR count). The van der Waals surface area contributed by atoms with E-state index >= 15 is 0 Å². The highest BCUT2D eigenvalue weighted by molar-refractivity contribution is 4.98. The number of nitrogens with zero attached hydrogens (tertiary/aromatic N) is 2. The van der Waals surface area contributed by atoms with Crippen molar-refractivity contribution in [2.24, 2.45) is 0 Å². The average Bonchev–Trinajstić information content (AvgIpc) is 2.87. The monoisotopic (exact) mass is 241 g/mol. The molecule has 1 aromatic rings. The van der Waals surface area contributed by atoms with Gasteiger partial charge >= 0.3 is 0 Å². The van der Waals surface area contributed by atoms with Crippen molar-refractivity contribution in [3.63, 3.8) is 0 Å². The van der Waals surface area contributed by atoms with Crippen LogP contribution in [-0.4, -0.2) is 43.1 Å². The van der Waals surface area contributed by atoms with Crippen molar-refractivity contribution in [3.8, 4) is 0 Å². The molecule has 0 aromatic carbocycles. The number of hydrogen-bond donors (Lipinski definition) is 1. The number of nitrogens with one attached hydrogen (secondary N) is 1. The minimum atomic E-state index is -0.196. The molecule has 0 saturated carbocycles. The molecule has 6 heteroatoms. The van der Waals surface area contributed by atoms with Crippen LogP contribution in [-0.2, 0) is 9.47 Å². The van der Waals surface area contributed by atoms with E-state index in [1.807, 2.05) is 7.05 Å². The van der Waals surface area contributed by atoms with E-state index in [4.69, 9.17) is 14.0 Å². The molecule has 0 aliphatic carbocycles. The predicted molar refractivity (Wildman–Crippen MR) is 60.7 cm³/mol. The van der Waals surface area contributed by atoms with Crippen LogP contribution in [0, 0.1) is 0 Å². The summed E-state index contributed by atoms with van der Waals surface area (Å²) in [6, 6.07) is 0.284. The molecular formula is C11H19N3O3. The molecule has 3 atom stereocenters. The largest absolute Gasteiger partial charge is 0.376 e. The van der Waals surface area contributed by atoms with E-state index in [2.05, 4.69) is 29.3 Å². The van der Waals surface area contributed by atoms with Gasteiger partial charge in [-0.1, -0.05) is 12.1 Å². The van der Waals surface area contributed by atoms with E-state index in [-0.39, 0.29) is 18.1 Å². The third-order valence-electron chi connectivity index (χ3n) is 3.16. The lowest BCUT2D eigenvalue weighted by Gasteiger charge is -2.19. The minimum absolute atomic E-state index is 0.172. The van der Waals surface area contributed by atoms with Gasteiger partial charge in [0.1, 0.15) is 6.10 Å². The standard InChI is InChI=1S/C11H19N3O3/c1-7(8(2)12-3)11-13-10(14-17-11)9-6-15-4-5-16-9/h7-9,12H,4-6H2,1-3H3. The molecule has 1 aromatic heterocycles. The summed E-state index contributed by atoms with van der Waals surface area (Å²) in [5.41, 5.74) is 0. The molecule has 1 aliphatic heterocycles. The maximum atomic E-state index is 5.52. The van der Waals surface area contributed by atoms with Crippen molar-refractivity contribution in [1.82, 2.24) is 15.5 Å². The zero-order valence-corrected chi connectivity index (χ0v) is 10.5. The van der Waals surface area contributed by atoms with Crippen LogP contribution in [0.3, 0.4) is 0 Å². The minimum Gasteiger partial charge on any atom is -0.376 e. The highest BCUT2D eigenvalue weighted by Crippen LogP contribution is 2.22. The van der Waals surface area contributed by atoms with Gasteiger partial charge < -0.3 is 19.3 Å². The van der Waals surface area contributed by atoms with Crippen molar-refractivity contribution < 1.29 is 14.0 Å². The molecule has 0 bridgehead atoms. The fourth-order valence-electron chi connectivity index (χ4n) is 1.66. The summed E-state index contributed by atoms with van der Waals surface area (Å²) in [5, 5.41) is 7.13. The Labute approximate surface area is 101 Å².